The van der Waals surface area contributed by atoms with Gasteiger partial charge in [-0.1, -0.05) is 31.4 Å². The third-order valence-electron chi connectivity index (χ3n) is 1.17. The van der Waals surface area contributed by atoms with E-state index in [2.05, 4.69) is 17.9 Å². The van der Waals surface area contributed by atoms with Crippen LogP contribution in [0.5, 0.6) is 0 Å². The van der Waals surface area contributed by atoms with E-state index < -0.39 is 0 Å². The first kappa shape index (κ1) is 9.69. The van der Waals surface area contributed by atoms with Gasteiger partial charge in [-0.2, -0.15) is 0 Å². The maximum Gasteiger partial charge on any atom is 0.309 e. The summed E-state index contributed by atoms with van der Waals surface area (Å²) < 4.78 is 4.47. The normalized spacial score (nSPS) is 10.5. The Labute approximate surface area is 66.9 Å². The number of hydrogen-bond acceptors (Lipinski definition) is 2. The van der Waals surface area contributed by atoms with E-state index in [1.807, 2.05) is 0 Å². The summed E-state index contributed by atoms with van der Waals surface area (Å²) in [5, 5.41) is 0. The van der Waals surface area contributed by atoms with E-state index in [1.165, 1.54) is 7.11 Å². The number of carbonyl (C=O) groups is 1. The van der Waals surface area contributed by atoms with E-state index in [9.17, 15) is 4.79 Å². The van der Waals surface area contributed by atoms with Gasteiger partial charge in [0.1, 0.15) is 0 Å². The molecule has 0 rings (SSSR count). The smallest absolute Gasteiger partial charge is 0.309 e. The Morgan fingerprint density at radius 2 is 2.18 bits per heavy atom. The molecule has 0 aromatic rings. The van der Waals surface area contributed by atoms with Crippen LogP contribution in [-0.4, -0.2) is 13.1 Å². The highest BCUT2D eigenvalue weighted by Crippen LogP contribution is 2.03. The summed E-state index contributed by atoms with van der Waals surface area (Å²) in [7, 11) is 1.36. The van der Waals surface area contributed by atoms with Gasteiger partial charge in [0.25, 0.3) is 0 Å². The van der Waals surface area contributed by atoms with Crippen molar-refractivity contribution in [2.75, 3.05) is 7.11 Å². The number of carbonyl (C=O) groups excluding carboxylic acids is 1. The predicted molar refractivity (Wildman–Crippen MR) is 45.1 cm³/mol. The fourth-order valence-electron chi connectivity index (χ4n) is 0.589. The van der Waals surface area contributed by atoms with E-state index in [1.54, 1.807) is 18.2 Å². The fraction of sp³-hybridized carbons (Fsp3) is 0.222. The van der Waals surface area contributed by atoms with Crippen LogP contribution in [-0.2, 0) is 9.53 Å². The van der Waals surface area contributed by atoms with Gasteiger partial charge in [-0.25, -0.2) is 0 Å². The molecular weight excluding hydrogens is 140 g/mol. The number of esters is 1. The number of hydrogen-bond donors (Lipinski definition) is 0. The second kappa shape index (κ2) is 5.47. The minimum Gasteiger partial charge on any atom is -0.469 e. The third kappa shape index (κ3) is 4.14. The molecular formula is C9H12O2. The van der Waals surface area contributed by atoms with Gasteiger partial charge in [0.05, 0.1) is 13.5 Å². The van der Waals surface area contributed by atoms with Crippen molar-refractivity contribution in [1.82, 2.24) is 0 Å². The van der Waals surface area contributed by atoms with E-state index in [0.29, 0.717) is 0 Å². The quantitative estimate of drug-likeness (QED) is 0.454. The van der Waals surface area contributed by atoms with Crippen LogP contribution in [0.25, 0.3) is 0 Å². The van der Waals surface area contributed by atoms with Crippen molar-refractivity contribution in [1.29, 1.82) is 0 Å². The van der Waals surface area contributed by atoms with Crippen LogP contribution in [0.4, 0.5) is 0 Å². The van der Waals surface area contributed by atoms with Gasteiger partial charge in [0.2, 0.25) is 0 Å². The minimum absolute atomic E-state index is 0.256. The van der Waals surface area contributed by atoms with Crippen LogP contribution >= 0.6 is 0 Å². The van der Waals surface area contributed by atoms with Crippen molar-refractivity contribution >= 4 is 5.97 Å². The summed E-state index contributed by atoms with van der Waals surface area (Å²) in [5.74, 6) is -0.266. The first-order chi connectivity index (χ1) is 5.24. The van der Waals surface area contributed by atoms with E-state index in [4.69, 9.17) is 0 Å². The van der Waals surface area contributed by atoms with Crippen molar-refractivity contribution in [3.05, 3.63) is 37.0 Å². The number of allylic oxidation sites excluding steroid dienone is 3. The van der Waals surface area contributed by atoms with Gasteiger partial charge >= 0.3 is 5.97 Å². The van der Waals surface area contributed by atoms with Crippen molar-refractivity contribution in [2.24, 2.45) is 0 Å². The van der Waals surface area contributed by atoms with E-state index in [-0.39, 0.29) is 12.4 Å². The monoisotopic (exact) mass is 152 g/mol. The number of methoxy groups -OCH3 is 1. The maximum absolute atomic E-state index is 10.7. The molecule has 60 valence electrons. The molecule has 0 aliphatic heterocycles. The van der Waals surface area contributed by atoms with Crippen LogP contribution in [0, 0.1) is 0 Å². The van der Waals surface area contributed by atoms with Crippen LogP contribution in [0.1, 0.15) is 6.42 Å². The molecule has 0 spiro atoms. The standard InChI is InChI=1S/C9H12O2/c1-4-6-8(5-2)7-9(10)11-3/h4-6H,1-2,7H2,3H3/b8-6+. The van der Waals surface area contributed by atoms with Gasteiger partial charge in [-0.15, -0.1) is 0 Å². The summed E-state index contributed by atoms with van der Waals surface area (Å²) in [6, 6.07) is 0. The minimum atomic E-state index is -0.266. The van der Waals surface area contributed by atoms with Crippen molar-refractivity contribution < 1.29 is 9.53 Å². The second-order valence-electron chi connectivity index (χ2n) is 1.93. The molecule has 0 saturated carbocycles. The van der Waals surface area contributed by atoms with Gasteiger partial charge in [0, 0.05) is 0 Å². The zero-order chi connectivity index (χ0) is 8.69. The van der Waals surface area contributed by atoms with Crippen LogP contribution in [0.3, 0.4) is 0 Å². The molecule has 0 amide bonds. The Balaban J connectivity index is 4.08. The molecule has 2 nitrogen and oxygen atoms in total. The number of ether oxygens (including phenoxy) is 1. The lowest BCUT2D eigenvalue weighted by molar-refractivity contribution is -0.139. The van der Waals surface area contributed by atoms with Crippen LogP contribution in [0.2, 0.25) is 0 Å². The van der Waals surface area contributed by atoms with Crippen molar-refractivity contribution in [3.63, 3.8) is 0 Å². The lowest BCUT2D eigenvalue weighted by Gasteiger charge is -1.97. The van der Waals surface area contributed by atoms with Gasteiger partial charge in [0.15, 0.2) is 0 Å². The van der Waals surface area contributed by atoms with Crippen molar-refractivity contribution in [2.45, 2.75) is 6.42 Å². The van der Waals surface area contributed by atoms with E-state index >= 15 is 0 Å². The maximum atomic E-state index is 10.7. The molecule has 0 atom stereocenters. The average Bonchev–Trinajstić information content (AvgIpc) is 2.03. The van der Waals surface area contributed by atoms with Gasteiger partial charge < -0.3 is 4.74 Å². The van der Waals surface area contributed by atoms with Gasteiger partial charge in [-0.05, 0) is 5.57 Å². The highest BCUT2D eigenvalue weighted by Gasteiger charge is 2.00. The third-order valence-corrected chi connectivity index (χ3v) is 1.17. The van der Waals surface area contributed by atoms with Crippen molar-refractivity contribution in [3.8, 4) is 0 Å². The number of rotatable bonds is 4. The molecule has 0 aliphatic carbocycles. The first-order valence-electron chi connectivity index (χ1n) is 3.25. The molecule has 0 bridgehead atoms. The highest BCUT2D eigenvalue weighted by molar-refractivity contribution is 5.73. The zero-order valence-corrected chi connectivity index (χ0v) is 6.67. The molecule has 0 aliphatic rings. The molecule has 0 heterocycles. The van der Waals surface area contributed by atoms with Crippen LogP contribution in [0.15, 0.2) is 37.0 Å². The highest BCUT2D eigenvalue weighted by atomic mass is 16.5. The summed E-state index contributed by atoms with van der Waals surface area (Å²) in [6.45, 7) is 7.05. The second-order valence-corrected chi connectivity index (χ2v) is 1.93. The summed E-state index contributed by atoms with van der Waals surface area (Å²) >= 11 is 0. The van der Waals surface area contributed by atoms with E-state index in [0.717, 1.165) is 5.57 Å². The summed E-state index contributed by atoms with van der Waals surface area (Å²) in [5.41, 5.74) is 0.812. The molecule has 11 heavy (non-hydrogen) atoms. The molecule has 0 N–H and O–H groups in total. The Bertz CT molecular complexity index is 190. The van der Waals surface area contributed by atoms with Crippen LogP contribution < -0.4 is 0 Å². The Hall–Kier alpha value is -1.31. The molecule has 0 aromatic heterocycles. The largest absolute Gasteiger partial charge is 0.469 e. The fourth-order valence-corrected chi connectivity index (χ4v) is 0.589. The average molecular weight is 152 g/mol. The molecule has 0 saturated heterocycles. The molecule has 0 fully saturated rings. The lowest BCUT2D eigenvalue weighted by Crippen LogP contribution is -2.00. The lowest BCUT2D eigenvalue weighted by atomic mass is 10.2. The molecule has 0 radical (unpaired) electrons. The SMILES string of the molecule is C=C/C=C(\C=C)CC(=O)OC. The topological polar surface area (TPSA) is 26.3 Å². The first-order valence-corrected chi connectivity index (χ1v) is 3.25. The Kier molecular flexibility index (Phi) is 4.82. The summed E-state index contributed by atoms with van der Waals surface area (Å²) in [6.07, 6.45) is 5.20. The predicted octanol–water partition coefficient (Wildman–Crippen LogP) is 1.85. The van der Waals surface area contributed by atoms with Gasteiger partial charge in [-0.3, -0.25) is 4.79 Å². The molecule has 2 heteroatoms. The summed E-state index contributed by atoms with van der Waals surface area (Å²) in [4.78, 5) is 10.7. The molecule has 0 aromatic carbocycles. The molecule has 0 unspecified atom stereocenters. The zero-order valence-electron chi connectivity index (χ0n) is 6.67. The Morgan fingerprint density at radius 1 is 1.55 bits per heavy atom. The Morgan fingerprint density at radius 3 is 2.55 bits per heavy atom.